The minimum atomic E-state index is -4.65. The smallest absolute Gasteiger partial charge is 0.367 e. The minimum Gasteiger partial charge on any atom is -0.367 e. The van der Waals surface area contributed by atoms with E-state index in [1.165, 1.54) is 0 Å². The standard InChI is InChI=1S/C11H10F3N5/c1-5(2)9-6(3-15)8(11(12,13)14)7-4-17-10(16)18-19(7)9/h4-5H,1-2H3,(H2,16,18). The van der Waals surface area contributed by atoms with Crippen molar-refractivity contribution in [1.82, 2.24) is 14.6 Å². The van der Waals surface area contributed by atoms with E-state index < -0.39 is 17.3 Å². The quantitative estimate of drug-likeness (QED) is 0.861. The fourth-order valence-corrected chi connectivity index (χ4v) is 2.01. The van der Waals surface area contributed by atoms with E-state index in [9.17, 15) is 13.2 Å². The molecule has 0 amide bonds. The van der Waals surface area contributed by atoms with Crippen molar-refractivity contribution in [2.45, 2.75) is 25.9 Å². The molecule has 5 nitrogen and oxygen atoms in total. The fourth-order valence-electron chi connectivity index (χ4n) is 2.01. The van der Waals surface area contributed by atoms with Crippen LogP contribution in [-0.2, 0) is 6.18 Å². The van der Waals surface area contributed by atoms with Gasteiger partial charge in [0.15, 0.2) is 0 Å². The molecule has 0 bridgehead atoms. The number of nitrogens with two attached hydrogens (primary N) is 1. The van der Waals surface area contributed by atoms with Crippen molar-refractivity contribution in [3.8, 4) is 6.07 Å². The van der Waals surface area contributed by atoms with Crippen molar-refractivity contribution in [2.24, 2.45) is 0 Å². The first kappa shape index (κ1) is 13.1. The number of anilines is 1. The molecule has 8 heteroatoms. The molecular weight excluding hydrogens is 259 g/mol. The van der Waals surface area contributed by atoms with Crippen molar-refractivity contribution in [3.05, 3.63) is 23.0 Å². The van der Waals surface area contributed by atoms with E-state index in [2.05, 4.69) is 10.1 Å². The molecule has 0 aliphatic rings. The highest BCUT2D eigenvalue weighted by Crippen LogP contribution is 2.39. The lowest BCUT2D eigenvalue weighted by Crippen LogP contribution is -2.07. The summed E-state index contributed by atoms with van der Waals surface area (Å²) in [4.78, 5) is 3.57. The van der Waals surface area contributed by atoms with Crippen molar-refractivity contribution in [1.29, 1.82) is 5.26 Å². The second-order valence-electron chi connectivity index (χ2n) is 4.31. The molecule has 0 saturated carbocycles. The molecule has 0 spiro atoms. The van der Waals surface area contributed by atoms with Crippen LogP contribution in [0.5, 0.6) is 0 Å². The number of aromatic nitrogens is 3. The molecular formula is C11H10F3N5. The Morgan fingerprint density at radius 3 is 2.53 bits per heavy atom. The Balaban J connectivity index is 3.00. The average molecular weight is 269 g/mol. The van der Waals surface area contributed by atoms with Gasteiger partial charge in [0.25, 0.3) is 0 Å². The molecule has 2 N–H and O–H groups in total. The third kappa shape index (κ3) is 1.97. The molecule has 2 aromatic rings. The molecule has 2 aromatic heterocycles. The number of halogens is 3. The second-order valence-corrected chi connectivity index (χ2v) is 4.31. The second kappa shape index (κ2) is 4.12. The number of fused-ring (bicyclic) bond motifs is 1. The highest BCUT2D eigenvalue weighted by Gasteiger charge is 2.40. The van der Waals surface area contributed by atoms with Crippen LogP contribution >= 0.6 is 0 Å². The molecule has 0 aromatic carbocycles. The van der Waals surface area contributed by atoms with Gasteiger partial charge in [-0.05, 0) is 5.92 Å². The first-order valence-electron chi connectivity index (χ1n) is 5.41. The van der Waals surface area contributed by atoms with Crippen LogP contribution in [0.4, 0.5) is 19.1 Å². The van der Waals surface area contributed by atoms with Crippen LogP contribution < -0.4 is 5.73 Å². The first-order chi connectivity index (χ1) is 8.77. The molecule has 0 aliphatic heterocycles. The van der Waals surface area contributed by atoms with Gasteiger partial charge in [-0.3, -0.25) is 0 Å². The van der Waals surface area contributed by atoms with Crippen LogP contribution in [0.1, 0.15) is 36.6 Å². The zero-order chi connectivity index (χ0) is 14.4. The van der Waals surface area contributed by atoms with Gasteiger partial charge in [0.05, 0.1) is 23.0 Å². The molecule has 19 heavy (non-hydrogen) atoms. The number of alkyl halides is 3. The molecule has 0 saturated heterocycles. The summed E-state index contributed by atoms with van der Waals surface area (Å²) in [5.41, 5.74) is 3.87. The maximum Gasteiger partial charge on any atom is 0.419 e. The van der Waals surface area contributed by atoms with E-state index in [4.69, 9.17) is 11.0 Å². The Bertz CT molecular complexity index is 678. The highest BCUT2D eigenvalue weighted by molar-refractivity contribution is 5.66. The van der Waals surface area contributed by atoms with E-state index >= 15 is 0 Å². The van der Waals surface area contributed by atoms with E-state index in [1.807, 2.05) is 0 Å². The number of hydrogen-bond acceptors (Lipinski definition) is 4. The predicted molar refractivity (Wildman–Crippen MR) is 61.2 cm³/mol. The SMILES string of the molecule is CC(C)c1c(C#N)c(C(F)(F)F)c2cnc(N)nn12. The third-order valence-electron chi connectivity index (χ3n) is 2.68. The summed E-state index contributed by atoms with van der Waals surface area (Å²) in [6.07, 6.45) is -3.67. The van der Waals surface area contributed by atoms with Gasteiger partial charge in [0.1, 0.15) is 11.6 Å². The van der Waals surface area contributed by atoms with Gasteiger partial charge in [0.2, 0.25) is 5.95 Å². The number of hydrogen-bond donors (Lipinski definition) is 1. The van der Waals surface area contributed by atoms with Crippen LogP contribution in [0.25, 0.3) is 5.52 Å². The zero-order valence-corrected chi connectivity index (χ0v) is 10.2. The maximum atomic E-state index is 13.1. The summed E-state index contributed by atoms with van der Waals surface area (Å²) < 4.78 is 40.3. The Kier molecular flexibility index (Phi) is 2.85. The lowest BCUT2D eigenvalue weighted by molar-refractivity contribution is -0.136. The van der Waals surface area contributed by atoms with Crippen molar-refractivity contribution in [2.75, 3.05) is 5.73 Å². The summed E-state index contributed by atoms with van der Waals surface area (Å²) in [6, 6.07) is 1.61. The summed E-state index contributed by atoms with van der Waals surface area (Å²) in [6.45, 7) is 3.36. The van der Waals surface area contributed by atoms with Gasteiger partial charge in [-0.15, -0.1) is 5.10 Å². The lowest BCUT2D eigenvalue weighted by Gasteiger charge is -2.05. The Morgan fingerprint density at radius 1 is 1.42 bits per heavy atom. The van der Waals surface area contributed by atoms with Gasteiger partial charge in [0, 0.05) is 0 Å². The number of nitrogen functional groups attached to an aromatic ring is 1. The minimum absolute atomic E-state index is 0.150. The van der Waals surface area contributed by atoms with Crippen LogP contribution in [0.2, 0.25) is 0 Å². The highest BCUT2D eigenvalue weighted by atomic mass is 19.4. The summed E-state index contributed by atoms with van der Waals surface area (Å²) in [5, 5.41) is 12.8. The van der Waals surface area contributed by atoms with E-state index in [-0.39, 0.29) is 23.1 Å². The van der Waals surface area contributed by atoms with Gasteiger partial charge < -0.3 is 5.73 Å². The summed E-state index contributed by atoms with van der Waals surface area (Å²) in [5.74, 6) is -0.463. The van der Waals surface area contributed by atoms with E-state index in [1.54, 1.807) is 19.9 Å². The normalized spacial score (nSPS) is 12.1. The fraction of sp³-hybridized carbons (Fsp3) is 0.364. The molecule has 0 atom stereocenters. The van der Waals surface area contributed by atoms with E-state index in [0.29, 0.717) is 0 Å². The largest absolute Gasteiger partial charge is 0.419 e. The summed E-state index contributed by atoms with van der Waals surface area (Å²) >= 11 is 0. The zero-order valence-electron chi connectivity index (χ0n) is 10.2. The van der Waals surface area contributed by atoms with Crippen LogP contribution in [0.3, 0.4) is 0 Å². The lowest BCUT2D eigenvalue weighted by atomic mass is 10.0. The number of nitrogens with zero attached hydrogens (tertiary/aromatic N) is 4. The molecule has 100 valence electrons. The van der Waals surface area contributed by atoms with Crippen molar-refractivity contribution in [3.63, 3.8) is 0 Å². The summed E-state index contributed by atoms with van der Waals surface area (Å²) in [7, 11) is 0. The first-order valence-corrected chi connectivity index (χ1v) is 5.41. The van der Waals surface area contributed by atoms with Crippen LogP contribution in [0, 0.1) is 11.3 Å². The number of nitriles is 1. The Hall–Kier alpha value is -2.30. The molecule has 2 heterocycles. The molecule has 0 aliphatic carbocycles. The molecule has 0 radical (unpaired) electrons. The van der Waals surface area contributed by atoms with E-state index in [0.717, 1.165) is 10.7 Å². The molecule has 2 rings (SSSR count). The van der Waals surface area contributed by atoms with Gasteiger partial charge in [-0.25, -0.2) is 9.50 Å². The topological polar surface area (TPSA) is 80.0 Å². The van der Waals surface area contributed by atoms with Gasteiger partial charge in [-0.2, -0.15) is 18.4 Å². The predicted octanol–water partition coefficient (Wildman–Crippen LogP) is 2.33. The van der Waals surface area contributed by atoms with Crippen LogP contribution in [-0.4, -0.2) is 14.6 Å². The van der Waals surface area contributed by atoms with Crippen LogP contribution in [0.15, 0.2) is 6.20 Å². The van der Waals surface area contributed by atoms with Gasteiger partial charge >= 0.3 is 6.18 Å². The monoisotopic (exact) mass is 269 g/mol. The number of rotatable bonds is 1. The Labute approximate surface area is 106 Å². The third-order valence-corrected chi connectivity index (χ3v) is 2.68. The molecule has 0 unspecified atom stereocenters. The molecule has 0 fully saturated rings. The van der Waals surface area contributed by atoms with Crippen molar-refractivity contribution < 1.29 is 13.2 Å². The van der Waals surface area contributed by atoms with Gasteiger partial charge in [-0.1, -0.05) is 13.8 Å². The average Bonchev–Trinajstić information content (AvgIpc) is 2.61. The Morgan fingerprint density at radius 2 is 2.05 bits per heavy atom. The van der Waals surface area contributed by atoms with Crippen molar-refractivity contribution >= 4 is 11.5 Å². The maximum absolute atomic E-state index is 13.1.